The third kappa shape index (κ3) is 2.94. The van der Waals surface area contributed by atoms with E-state index in [0.29, 0.717) is 16.4 Å². The molecule has 1 aliphatic rings. The van der Waals surface area contributed by atoms with E-state index in [1.165, 1.54) is 0 Å². The number of aromatic nitrogens is 4. The zero-order chi connectivity index (χ0) is 15.0. The molecular formula is C13H15ClN4O2S. The second-order valence-corrected chi connectivity index (χ2v) is 7.97. The molecule has 0 spiro atoms. The summed E-state index contributed by atoms with van der Waals surface area (Å²) in [6.07, 6.45) is 2.00. The number of sulfone groups is 1. The first-order valence-electron chi connectivity index (χ1n) is 6.72. The molecule has 112 valence electrons. The number of hydrogen-bond acceptors (Lipinski definition) is 5. The van der Waals surface area contributed by atoms with Gasteiger partial charge in [0.05, 0.1) is 11.3 Å². The van der Waals surface area contributed by atoms with Crippen LogP contribution in [0.2, 0.25) is 5.02 Å². The Bertz CT molecular complexity index is 755. The maximum absolute atomic E-state index is 12.6. The highest BCUT2D eigenvalue weighted by Gasteiger charge is 2.32. The molecule has 3 rings (SSSR count). The molecule has 1 aromatic carbocycles. The Balaban J connectivity index is 1.86. The first-order valence-corrected chi connectivity index (χ1v) is 8.81. The van der Waals surface area contributed by atoms with Gasteiger partial charge in [-0.15, -0.1) is 5.10 Å². The number of rotatable bonds is 5. The van der Waals surface area contributed by atoms with Crippen molar-refractivity contribution >= 4 is 21.4 Å². The predicted molar refractivity (Wildman–Crippen MR) is 78.6 cm³/mol. The lowest BCUT2D eigenvalue weighted by atomic mass is 10.2. The maximum Gasteiger partial charge on any atom is 0.166 e. The van der Waals surface area contributed by atoms with Gasteiger partial charge in [0.2, 0.25) is 0 Å². The van der Waals surface area contributed by atoms with Gasteiger partial charge in [-0.2, -0.15) is 0 Å². The van der Waals surface area contributed by atoms with Gasteiger partial charge in [-0.3, -0.25) is 0 Å². The van der Waals surface area contributed by atoms with Crippen molar-refractivity contribution in [2.75, 3.05) is 0 Å². The number of halogens is 1. The van der Waals surface area contributed by atoms with Crippen LogP contribution in [-0.2, 0) is 15.6 Å². The molecule has 1 atom stereocenters. The van der Waals surface area contributed by atoms with E-state index in [1.807, 2.05) is 0 Å². The van der Waals surface area contributed by atoms with Crippen LogP contribution < -0.4 is 0 Å². The molecule has 0 bridgehead atoms. The van der Waals surface area contributed by atoms with Crippen molar-refractivity contribution in [2.45, 2.75) is 36.8 Å². The van der Waals surface area contributed by atoms with Crippen molar-refractivity contribution in [3.63, 3.8) is 0 Å². The van der Waals surface area contributed by atoms with Crippen molar-refractivity contribution in [1.82, 2.24) is 20.2 Å². The Kier molecular flexibility index (Phi) is 3.71. The van der Waals surface area contributed by atoms with E-state index < -0.39 is 15.1 Å². The quantitative estimate of drug-likeness (QED) is 0.842. The highest BCUT2D eigenvalue weighted by Crippen LogP contribution is 2.35. The van der Waals surface area contributed by atoms with E-state index in [0.717, 1.165) is 12.8 Å². The average molecular weight is 327 g/mol. The second-order valence-electron chi connectivity index (χ2n) is 5.24. The molecule has 1 heterocycles. The van der Waals surface area contributed by atoms with Crippen LogP contribution in [0.4, 0.5) is 0 Å². The van der Waals surface area contributed by atoms with Gasteiger partial charge >= 0.3 is 0 Å². The zero-order valence-electron chi connectivity index (χ0n) is 11.5. The molecule has 0 unspecified atom stereocenters. The van der Waals surface area contributed by atoms with Crippen LogP contribution in [0.25, 0.3) is 0 Å². The van der Waals surface area contributed by atoms with Crippen LogP contribution >= 0.6 is 11.6 Å². The molecule has 1 aliphatic carbocycles. The highest BCUT2D eigenvalue weighted by molar-refractivity contribution is 7.90. The van der Waals surface area contributed by atoms with Crippen LogP contribution in [-0.4, -0.2) is 28.6 Å². The number of tetrazole rings is 1. The molecule has 21 heavy (non-hydrogen) atoms. The van der Waals surface area contributed by atoms with Crippen molar-refractivity contribution in [2.24, 2.45) is 0 Å². The summed E-state index contributed by atoms with van der Waals surface area (Å²) in [5, 5.41) is 11.1. The largest absolute Gasteiger partial charge is 0.228 e. The van der Waals surface area contributed by atoms with E-state index in [1.54, 1.807) is 35.9 Å². The van der Waals surface area contributed by atoms with E-state index in [4.69, 9.17) is 11.6 Å². The first kappa shape index (κ1) is 14.5. The summed E-state index contributed by atoms with van der Waals surface area (Å²) in [7, 11) is -3.43. The summed E-state index contributed by atoms with van der Waals surface area (Å²) >= 11 is 6.09. The first-order chi connectivity index (χ1) is 9.99. The Labute approximate surface area is 128 Å². The molecule has 0 N–H and O–H groups in total. The Morgan fingerprint density at radius 2 is 2.10 bits per heavy atom. The molecule has 0 amide bonds. The van der Waals surface area contributed by atoms with Crippen molar-refractivity contribution in [3.8, 4) is 0 Å². The van der Waals surface area contributed by atoms with E-state index >= 15 is 0 Å². The summed E-state index contributed by atoms with van der Waals surface area (Å²) < 4.78 is 26.8. The SMILES string of the molecule is C[C@H](c1ccccc1Cl)S(=O)(=O)Cc1nnnn1C1CC1. The molecule has 1 fully saturated rings. The van der Waals surface area contributed by atoms with Crippen LogP contribution in [0.5, 0.6) is 0 Å². The van der Waals surface area contributed by atoms with E-state index in [-0.39, 0.29) is 11.8 Å². The lowest BCUT2D eigenvalue weighted by molar-refractivity contribution is 0.568. The van der Waals surface area contributed by atoms with Gasteiger partial charge in [0.15, 0.2) is 15.7 Å². The maximum atomic E-state index is 12.6. The molecule has 0 saturated heterocycles. The average Bonchev–Trinajstić information content (AvgIpc) is 3.19. The highest BCUT2D eigenvalue weighted by atomic mass is 35.5. The van der Waals surface area contributed by atoms with Crippen LogP contribution in [0, 0.1) is 0 Å². The topological polar surface area (TPSA) is 77.7 Å². The standard InChI is InChI=1S/C13H15ClN4O2S/c1-9(11-4-2-3-5-12(11)14)21(19,20)8-13-15-16-17-18(13)10-6-7-10/h2-5,9-10H,6-8H2,1H3/t9-/m1/s1. The number of nitrogens with zero attached hydrogens (tertiary/aromatic N) is 4. The number of hydrogen-bond donors (Lipinski definition) is 0. The lowest BCUT2D eigenvalue weighted by Gasteiger charge is -2.14. The Morgan fingerprint density at radius 3 is 2.76 bits per heavy atom. The fourth-order valence-corrected chi connectivity index (χ4v) is 3.97. The van der Waals surface area contributed by atoms with E-state index in [9.17, 15) is 8.42 Å². The van der Waals surface area contributed by atoms with Gasteiger partial charge in [0, 0.05) is 5.02 Å². The van der Waals surface area contributed by atoms with Crippen molar-refractivity contribution in [3.05, 3.63) is 40.7 Å². The summed E-state index contributed by atoms with van der Waals surface area (Å²) in [5.41, 5.74) is 0.601. The zero-order valence-corrected chi connectivity index (χ0v) is 13.0. The predicted octanol–water partition coefficient (Wildman–Crippen LogP) is 2.34. The summed E-state index contributed by atoms with van der Waals surface area (Å²) in [6.45, 7) is 1.64. The van der Waals surface area contributed by atoms with Gasteiger partial charge in [-0.1, -0.05) is 29.8 Å². The van der Waals surface area contributed by atoms with Gasteiger partial charge in [-0.05, 0) is 41.8 Å². The second kappa shape index (κ2) is 5.38. The molecule has 6 nitrogen and oxygen atoms in total. The molecular weight excluding hydrogens is 312 g/mol. The van der Waals surface area contributed by atoms with E-state index in [2.05, 4.69) is 15.5 Å². The molecule has 0 radical (unpaired) electrons. The fraction of sp³-hybridized carbons (Fsp3) is 0.462. The monoisotopic (exact) mass is 326 g/mol. The minimum absolute atomic E-state index is 0.178. The summed E-state index contributed by atoms with van der Waals surface area (Å²) in [6, 6.07) is 7.23. The van der Waals surface area contributed by atoms with Crippen LogP contribution in [0.1, 0.15) is 42.4 Å². The molecule has 8 heteroatoms. The number of benzene rings is 1. The summed E-state index contributed by atoms with van der Waals surface area (Å²) in [4.78, 5) is 0. The smallest absolute Gasteiger partial charge is 0.166 e. The summed E-state index contributed by atoms with van der Waals surface area (Å²) in [5.74, 6) is 0.222. The van der Waals surface area contributed by atoms with Crippen LogP contribution in [0.15, 0.2) is 24.3 Å². The van der Waals surface area contributed by atoms with Crippen molar-refractivity contribution < 1.29 is 8.42 Å². The van der Waals surface area contributed by atoms with Gasteiger partial charge in [-0.25, -0.2) is 13.1 Å². The van der Waals surface area contributed by atoms with Gasteiger partial charge in [0.1, 0.15) is 5.75 Å². The molecule has 0 aliphatic heterocycles. The Morgan fingerprint density at radius 1 is 1.38 bits per heavy atom. The van der Waals surface area contributed by atoms with Gasteiger partial charge in [0.25, 0.3) is 0 Å². The molecule has 1 saturated carbocycles. The van der Waals surface area contributed by atoms with Crippen molar-refractivity contribution in [1.29, 1.82) is 0 Å². The normalized spacial score (nSPS) is 16.9. The fourth-order valence-electron chi connectivity index (χ4n) is 2.21. The third-order valence-electron chi connectivity index (χ3n) is 3.67. The molecule has 1 aromatic heterocycles. The minimum Gasteiger partial charge on any atom is -0.228 e. The third-order valence-corrected chi connectivity index (χ3v) is 6.00. The minimum atomic E-state index is -3.43. The van der Waals surface area contributed by atoms with Crippen LogP contribution in [0.3, 0.4) is 0 Å². The van der Waals surface area contributed by atoms with Gasteiger partial charge < -0.3 is 0 Å². The Hall–Kier alpha value is -1.47. The lowest BCUT2D eigenvalue weighted by Crippen LogP contribution is -2.16. The molecule has 2 aromatic rings.